The van der Waals surface area contributed by atoms with Crippen molar-refractivity contribution in [2.75, 3.05) is 0 Å². The van der Waals surface area contributed by atoms with Crippen LogP contribution >= 0.6 is 0 Å². The lowest BCUT2D eigenvalue weighted by Gasteiger charge is -1.99. The molecule has 1 atom stereocenters. The predicted molar refractivity (Wildman–Crippen MR) is 54.9 cm³/mol. The van der Waals surface area contributed by atoms with E-state index < -0.39 is 0 Å². The molecule has 0 aliphatic carbocycles. The molecule has 1 unspecified atom stereocenters. The summed E-state index contributed by atoms with van der Waals surface area (Å²) in [4.78, 5) is 4.01. The Kier molecular flexibility index (Phi) is 3.43. The number of allylic oxidation sites excluding steroid dienone is 1. The Balaban J connectivity index is 2.63. The van der Waals surface area contributed by atoms with Crippen LogP contribution in [0.5, 0.6) is 0 Å². The van der Waals surface area contributed by atoms with Gasteiger partial charge in [-0.2, -0.15) is 5.10 Å². The molecule has 1 heterocycles. The van der Waals surface area contributed by atoms with Crippen molar-refractivity contribution >= 4 is 6.21 Å². The van der Waals surface area contributed by atoms with Crippen molar-refractivity contribution in [1.82, 2.24) is 9.78 Å². The molecule has 1 aromatic heterocycles. The number of hydrogen-bond donors (Lipinski definition) is 0. The monoisotopic (exact) mass is 177 g/mol. The van der Waals surface area contributed by atoms with Gasteiger partial charge in [-0.15, -0.1) is 0 Å². The van der Waals surface area contributed by atoms with Crippen molar-refractivity contribution < 1.29 is 0 Å². The highest BCUT2D eigenvalue weighted by Gasteiger charge is 2.02. The highest BCUT2D eigenvalue weighted by atomic mass is 15.2. The first-order valence-electron chi connectivity index (χ1n) is 4.37. The van der Waals surface area contributed by atoms with Crippen LogP contribution in [0.4, 0.5) is 0 Å². The van der Waals surface area contributed by atoms with Gasteiger partial charge >= 0.3 is 0 Å². The molecular formula is C10H15N3. The average Bonchev–Trinajstić information content (AvgIpc) is 2.52. The fraction of sp³-hybridized carbons (Fsp3) is 0.400. The minimum absolute atomic E-state index is 0.373. The van der Waals surface area contributed by atoms with Gasteiger partial charge in [-0.25, -0.2) is 0 Å². The molecule has 0 bridgehead atoms. The Labute approximate surface area is 78.8 Å². The van der Waals surface area contributed by atoms with E-state index in [-0.39, 0.29) is 0 Å². The Bertz CT molecular complexity index is 310. The van der Waals surface area contributed by atoms with Crippen LogP contribution in [0.25, 0.3) is 0 Å². The number of hydrogen-bond acceptors (Lipinski definition) is 2. The lowest BCUT2D eigenvalue weighted by atomic mass is 10.1. The summed E-state index contributed by atoms with van der Waals surface area (Å²) in [5, 5.41) is 4.11. The highest BCUT2D eigenvalue weighted by Crippen LogP contribution is 2.14. The predicted octanol–water partition coefficient (Wildman–Crippen LogP) is 2.13. The molecule has 0 aromatic carbocycles. The normalized spacial score (nSPS) is 14.4. The molecule has 0 aliphatic rings. The van der Waals surface area contributed by atoms with E-state index >= 15 is 0 Å². The first-order chi connectivity index (χ1) is 6.24. The molecule has 0 radical (unpaired) electrons. The maximum atomic E-state index is 4.11. The van der Waals surface area contributed by atoms with Crippen LogP contribution in [0.1, 0.15) is 25.3 Å². The Morgan fingerprint density at radius 1 is 1.62 bits per heavy atom. The Hall–Kier alpha value is -1.38. The number of aromatic nitrogens is 2. The van der Waals surface area contributed by atoms with Gasteiger partial charge in [-0.1, -0.05) is 13.0 Å². The zero-order chi connectivity index (χ0) is 9.68. The van der Waals surface area contributed by atoms with Crippen LogP contribution in [0.2, 0.25) is 0 Å². The second kappa shape index (κ2) is 4.60. The van der Waals surface area contributed by atoms with Crippen molar-refractivity contribution in [3.63, 3.8) is 0 Å². The first kappa shape index (κ1) is 9.71. The molecule has 0 spiro atoms. The van der Waals surface area contributed by atoms with Crippen LogP contribution in [-0.2, 0) is 7.05 Å². The van der Waals surface area contributed by atoms with Crippen LogP contribution < -0.4 is 0 Å². The Morgan fingerprint density at radius 3 is 2.92 bits per heavy atom. The van der Waals surface area contributed by atoms with Crippen molar-refractivity contribution in [2.45, 2.75) is 19.8 Å². The zero-order valence-corrected chi connectivity index (χ0v) is 8.31. The molecule has 0 saturated carbocycles. The van der Waals surface area contributed by atoms with Crippen LogP contribution in [-0.4, -0.2) is 16.0 Å². The molecule has 0 aliphatic heterocycles. The van der Waals surface area contributed by atoms with Gasteiger partial charge in [0.25, 0.3) is 0 Å². The largest absolute Gasteiger partial charge is 0.276 e. The molecule has 70 valence electrons. The smallest absolute Gasteiger partial charge is 0.0527 e. The molecular weight excluding hydrogens is 162 g/mol. The van der Waals surface area contributed by atoms with E-state index in [0.717, 1.165) is 0 Å². The third kappa shape index (κ3) is 2.86. The van der Waals surface area contributed by atoms with E-state index in [4.69, 9.17) is 0 Å². The maximum Gasteiger partial charge on any atom is 0.0527 e. The van der Waals surface area contributed by atoms with Gasteiger partial charge in [0.1, 0.15) is 0 Å². The second-order valence-corrected chi connectivity index (χ2v) is 2.98. The van der Waals surface area contributed by atoms with E-state index in [1.165, 1.54) is 5.56 Å². The number of aryl methyl sites for hydroxylation is 1. The maximum absolute atomic E-state index is 4.11. The van der Waals surface area contributed by atoms with E-state index in [1.807, 2.05) is 37.2 Å². The fourth-order valence-corrected chi connectivity index (χ4v) is 1.05. The third-order valence-corrected chi connectivity index (χ3v) is 1.86. The number of nitrogens with zero attached hydrogens (tertiary/aromatic N) is 3. The average molecular weight is 177 g/mol. The van der Waals surface area contributed by atoms with Crippen molar-refractivity contribution in [2.24, 2.45) is 12.0 Å². The summed E-state index contributed by atoms with van der Waals surface area (Å²) in [6.07, 6.45) is 9.54. The summed E-state index contributed by atoms with van der Waals surface area (Å²) in [6.45, 7) is 4.03. The molecule has 0 amide bonds. The van der Waals surface area contributed by atoms with E-state index in [2.05, 4.69) is 23.1 Å². The van der Waals surface area contributed by atoms with Gasteiger partial charge in [0.15, 0.2) is 0 Å². The highest BCUT2D eigenvalue weighted by molar-refractivity contribution is 5.54. The van der Waals surface area contributed by atoms with Gasteiger partial charge in [-0.05, 0) is 12.5 Å². The van der Waals surface area contributed by atoms with Gasteiger partial charge in [0.2, 0.25) is 0 Å². The lowest BCUT2D eigenvalue weighted by molar-refractivity contribution is 0.766. The first-order valence-corrected chi connectivity index (χ1v) is 4.37. The molecule has 13 heavy (non-hydrogen) atoms. The molecule has 3 nitrogen and oxygen atoms in total. The van der Waals surface area contributed by atoms with Crippen molar-refractivity contribution in [3.05, 3.63) is 30.2 Å². The van der Waals surface area contributed by atoms with Crippen LogP contribution in [0.3, 0.4) is 0 Å². The zero-order valence-electron chi connectivity index (χ0n) is 8.31. The van der Waals surface area contributed by atoms with Gasteiger partial charge in [0.05, 0.1) is 6.20 Å². The van der Waals surface area contributed by atoms with Crippen molar-refractivity contribution in [1.29, 1.82) is 0 Å². The minimum Gasteiger partial charge on any atom is -0.276 e. The fourth-order valence-electron chi connectivity index (χ4n) is 1.05. The molecule has 0 fully saturated rings. The summed E-state index contributed by atoms with van der Waals surface area (Å²) >= 11 is 0. The van der Waals surface area contributed by atoms with E-state index in [0.29, 0.717) is 5.92 Å². The lowest BCUT2D eigenvalue weighted by Crippen LogP contribution is -1.87. The minimum atomic E-state index is 0.373. The molecule has 1 rings (SSSR count). The SMILES string of the molecule is CC=N/C=C\C(C)c1cnn(C)c1. The second-order valence-electron chi connectivity index (χ2n) is 2.98. The standard InChI is InChI=1S/C10H15N3/c1-4-11-6-5-9(2)10-7-12-13(3)8-10/h4-9H,1-3H3/b6-5-,11-4?. The van der Waals surface area contributed by atoms with Crippen LogP contribution in [0.15, 0.2) is 29.7 Å². The Morgan fingerprint density at radius 2 is 2.38 bits per heavy atom. The van der Waals surface area contributed by atoms with E-state index in [9.17, 15) is 0 Å². The molecule has 0 N–H and O–H groups in total. The topological polar surface area (TPSA) is 30.2 Å². The quantitative estimate of drug-likeness (QED) is 0.650. The van der Waals surface area contributed by atoms with E-state index in [1.54, 1.807) is 6.21 Å². The summed E-state index contributed by atoms with van der Waals surface area (Å²) in [5.74, 6) is 0.373. The number of aliphatic imine (C=N–C) groups is 1. The van der Waals surface area contributed by atoms with Gasteiger partial charge in [-0.3, -0.25) is 9.67 Å². The van der Waals surface area contributed by atoms with Crippen molar-refractivity contribution in [3.8, 4) is 0 Å². The number of rotatable bonds is 3. The summed E-state index contributed by atoms with van der Waals surface area (Å²) in [6, 6.07) is 0. The third-order valence-electron chi connectivity index (χ3n) is 1.86. The van der Waals surface area contributed by atoms with Gasteiger partial charge < -0.3 is 0 Å². The molecule has 3 heteroatoms. The molecule has 1 aromatic rings. The summed E-state index contributed by atoms with van der Waals surface area (Å²) in [5.41, 5.74) is 1.21. The van der Waals surface area contributed by atoms with Crippen LogP contribution in [0, 0.1) is 0 Å². The van der Waals surface area contributed by atoms with Gasteiger partial charge in [0, 0.05) is 31.6 Å². The summed E-state index contributed by atoms with van der Waals surface area (Å²) < 4.78 is 1.81. The molecule has 0 saturated heterocycles. The summed E-state index contributed by atoms with van der Waals surface area (Å²) in [7, 11) is 1.92.